The molecule has 4 heteroatoms. The molecule has 0 saturated carbocycles. The third-order valence-electron chi connectivity index (χ3n) is 3.56. The average Bonchev–Trinajstić information content (AvgIpc) is 2.57. The second-order valence-electron chi connectivity index (χ2n) is 5.99. The summed E-state index contributed by atoms with van der Waals surface area (Å²) < 4.78 is 1.80. The van der Waals surface area contributed by atoms with Crippen LogP contribution in [-0.4, -0.2) is 15.3 Å². The van der Waals surface area contributed by atoms with E-state index in [2.05, 4.69) is 13.8 Å². The van der Waals surface area contributed by atoms with Crippen LogP contribution in [0.4, 0.5) is 0 Å². The minimum absolute atomic E-state index is 0.0331. The lowest BCUT2D eigenvalue weighted by Crippen LogP contribution is -2.24. The summed E-state index contributed by atoms with van der Waals surface area (Å²) in [6, 6.07) is 17.6. The molecule has 0 fully saturated rings. The standard InChI is InChI=1S/C19H20N2OS/c1-14(2)13-23-19-20-17-11-7-6-10-16(17)18(22)21(19)12-15-8-4-3-5-9-15/h3-11,14H,12-13H2,1-2H3. The van der Waals surface area contributed by atoms with Gasteiger partial charge in [-0.3, -0.25) is 9.36 Å². The maximum Gasteiger partial charge on any atom is 0.262 e. The normalized spacial score (nSPS) is 11.3. The zero-order chi connectivity index (χ0) is 16.2. The number of aromatic nitrogens is 2. The van der Waals surface area contributed by atoms with Crippen LogP contribution in [0.25, 0.3) is 10.9 Å². The zero-order valence-corrected chi connectivity index (χ0v) is 14.2. The molecule has 0 bridgehead atoms. The number of rotatable bonds is 5. The van der Waals surface area contributed by atoms with E-state index < -0.39 is 0 Å². The van der Waals surface area contributed by atoms with Gasteiger partial charge < -0.3 is 0 Å². The third kappa shape index (κ3) is 3.64. The molecular formula is C19H20N2OS. The van der Waals surface area contributed by atoms with Crippen molar-refractivity contribution in [1.29, 1.82) is 0 Å². The van der Waals surface area contributed by atoms with E-state index >= 15 is 0 Å². The fourth-order valence-corrected chi connectivity index (χ4v) is 3.35. The first-order valence-electron chi connectivity index (χ1n) is 7.81. The van der Waals surface area contributed by atoms with Gasteiger partial charge in [0.25, 0.3) is 5.56 Å². The minimum atomic E-state index is 0.0331. The van der Waals surface area contributed by atoms with Crippen molar-refractivity contribution in [3.05, 3.63) is 70.5 Å². The first-order chi connectivity index (χ1) is 11.1. The third-order valence-corrected chi connectivity index (χ3v) is 4.96. The molecule has 0 saturated heterocycles. The molecule has 0 amide bonds. The van der Waals surface area contributed by atoms with Crippen molar-refractivity contribution in [2.75, 3.05) is 5.75 Å². The summed E-state index contributed by atoms with van der Waals surface area (Å²) in [5, 5.41) is 1.48. The summed E-state index contributed by atoms with van der Waals surface area (Å²) in [4.78, 5) is 17.6. The first kappa shape index (κ1) is 15.8. The Morgan fingerprint density at radius 3 is 2.48 bits per heavy atom. The molecule has 0 unspecified atom stereocenters. The van der Waals surface area contributed by atoms with Crippen molar-refractivity contribution < 1.29 is 0 Å². The van der Waals surface area contributed by atoms with Crippen LogP contribution >= 0.6 is 11.8 Å². The van der Waals surface area contributed by atoms with Gasteiger partial charge in [-0.2, -0.15) is 0 Å². The maximum absolute atomic E-state index is 12.9. The van der Waals surface area contributed by atoms with Crippen molar-refractivity contribution in [2.24, 2.45) is 5.92 Å². The predicted octanol–water partition coefficient (Wildman–Crippen LogP) is 4.19. The molecule has 1 heterocycles. The van der Waals surface area contributed by atoms with Crippen LogP contribution in [0.3, 0.4) is 0 Å². The topological polar surface area (TPSA) is 34.9 Å². The number of fused-ring (bicyclic) bond motifs is 1. The van der Waals surface area contributed by atoms with E-state index in [1.54, 1.807) is 16.3 Å². The Balaban J connectivity index is 2.10. The minimum Gasteiger partial charge on any atom is -0.283 e. The lowest BCUT2D eigenvalue weighted by Gasteiger charge is -2.14. The van der Waals surface area contributed by atoms with E-state index in [1.807, 2.05) is 54.6 Å². The van der Waals surface area contributed by atoms with E-state index in [0.717, 1.165) is 22.0 Å². The molecule has 0 radical (unpaired) electrons. The van der Waals surface area contributed by atoms with Crippen LogP contribution in [-0.2, 0) is 6.54 Å². The van der Waals surface area contributed by atoms with Crippen LogP contribution in [0.5, 0.6) is 0 Å². The van der Waals surface area contributed by atoms with Gasteiger partial charge in [0.1, 0.15) is 0 Å². The lowest BCUT2D eigenvalue weighted by molar-refractivity contribution is 0.654. The molecule has 0 N–H and O–H groups in total. The Kier molecular flexibility index (Phi) is 4.82. The molecule has 3 aromatic rings. The van der Waals surface area contributed by atoms with Crippen molar-refractivity contribution in [3.8, 4) is 0 Å². The Bertz CT molecular complexity index is 856. The second kappa shape index (κ2) is 7.01. The highest BCUT2D eigenvalue weighted by molar-refractivity contribution is 7.99. The fourth-order valence-electron chi connectivity index (χ4n) is 2.40. The van der Waals surface area contributed by atoms with Crippen LogP contribution in [0.1, 0.15) is 19.4 Å². The Morgan fingerprint density at radius 1 is 1.04 bits per heavy atom. The van der Waals surface area contributed by atoms with Crippen molar-refractivity contribution in [3.63, 3.8) is 0 Å². The number of para-hydroxylation sites is 1. The molecule has 23 heavy (non-hydrogen) atoms. The van der Waals surface area contributed by atoms with Crippen LogP contribution < -0.4 is 5.56 Å². The SMILES string of the molecule is CC(C)CSc1nc2ccccc2c(=O)n1Cc1ccccc1. The highest BCUT2D eigenvalue weighted by Crippen LogP contribution is 2.21. The average molecular weight is 324 g/mol. The predicted molar refractivity (Wildman–Crippen MR) is 97.1 cm³/mol. The highest BCUT2D eigenvalue weighted by Gasteiger charge is 2.12. The van der Waals surface area contributed by atoms with Crippen molar-refractivity contribution in [2.45, 2.75) is 25.5 Å². The van der Waals surface area contributed by atoms with E-state index in [-0.39, 0.29) is 5.56 Å². The number of nitrogens with zero attached hydrogens (tertiary/aromatic N) is 2. The van der Waals surface area contributed by atoms with Gasteiger partial charge in [0, 0.05) is 5.75 Å². The molecule has 0 spiro atoms. The summed E-state index contributed by atoms with van der Waals surface area (Å²) in [6.07, 6.45) is 0. The summed E-state index contributed by atoms with van der Waals surface area (Å²) in [5.74, 6) is 1.49. The number of hydrogen-bond acceptors (Lipinski definition) is 3. The Morgan fingerprint density at radius 2 is 1.74 bits per heavy atom. The molecule has 3 rings (SSSR count). The second-order valence-corrected chi connectivity index (χ2v) is 6.98. The van der Waals surface area contributed by atoms with Gasteiger partial charge in [0.2, 0.25) is 0 Å². The molecule has 118 valence electrons. The number of benzene rings is 2. The van der Waals surface area contributed by atoms with Gasteiger partial charge in [-0.25, -0.2) is 4.98 Å². The van der Waals surface area contributed by atoms with E-state index in [4.69, 9.17) is 4.98 Å². The monoisotopic (exact) mass is 324 g/mol. The quantitative estimate of drug-likeness (QED) is 0.521. The van der Waals surface area contributed by atoms with E-state index in [0.29, 0.717) is 17.8 Å². The summed E-state index contributed by atoms with van der Waals surface area (Å²) in [5.41, 5.74) is 1.91. The Hall–Kier alpha value is -2.07. The smallest absolute Gasteiger partial charge is 0.262 e. The van der Waals surface area contributed by atoms with Gasteiger partial charge >= 0.3 is 0 Å². The highest BCUT2D eigenvalue weighted by atomic mass is 32.2. The van der Waals surface area contributed by atoms with Gasteiger partial charge in [0.05, 0.1) is 17.4 Å². The molecule has 3 nitrogen and oxygen atoms in total. The van der Waals surface area contributed by atoms with Crippen LogP contribution in [0.15, 0.2) is 64.5 Å². The molecule has 1 aromatic heterocycles. The van der Waals surface area contributed by atoms with Gasteiger partial charge in [-0.05, 0) is 23.6 Å². The summed E-state index contributed by atoms with van der Waals surface area (Å²) in [7, 11) is 0. The van der Waals surface area contributed by atoms with Crippen molar-refractivity contribution in [1.82, 2.24) is 9.55 Å². The molecule has 0 aliphatic heterocycles. The molecule has 0 aliphatic carbocycles. The number of hydrogen-bond donors (Lipinski definition) is 0. The van der Waals surface area contributed by atoms with Crippen LogP contribution in [0.2, 0.25) is 0 Å². The molecular weight excluding hydrogens is 304 g/mol. The maximum atomic E-state index is 12.9. The first-order valence-corrected chi connectivity index (χ1v) is 8.80. The zero-order valence-electron chi connectivity index (χ0n) is 13.4. The Labute approximate surface area is 140 Å². The molecule has 0 aliphatic rings. The fraction of sp³-hybridized carbons (Fsp3) is 0.263. The van der Waals surface area contributed by atoms with Crippen molar-refractivity contribution >= 4 is 22.7 Å². The summed E-state index contributed by atoms with van der Waals surface area (Å²) >= 11 is 1.66. The molecule has 2 aromatic carbocycles. The number of thioether (sulfide) groups is 1. The summed E-state index contributed by atoms with van der Waals surface area (Å²) in [6.45, 7) is 4.90. The van der Waals surface area contributed by atoms with Crippen LogP contribution in [0, 0.1) is 5.92 Å². The molecule has 0 atom stereocenters. The van der Waals surface area contributed by atoms with E-state index in [9.17, 15) is 4.79 Å². The van der Waals surface area contributed by atoms with E-state index in [1.165, 1.54) is 0 Å². The van der Waals surface area contributed by atoms with Gasteiger partial charge in [-0.1, -0.05) is 68.1 Å². The van der Waals surface area contributed by atoms with Gasteiger partial charge in [0.15, 0.2) is 5.16 Å². The largest absolute Gasteiger partial charge is 0.283 e. The van der Waals surface area contributed by atoms with Gasteiger partial charge in [-0.15, -0.1) is 0 Å². The lowest BCUT2D eigenvalue weighted by atomic mass is 10.2.